The fraction of sp³-hybridized carbons (Fsp3) is 0.882. The SMILES string of the molecule is C[C@@H]1C[C@@H]1C(=O)OCC(=O)NC12CC3CC(CC(C3)C1)C2. The third kappa shape index (κ3) is 2.58. The number of amides is 1. The average Bonchev–Trinajstić information content (AvgIpc) is 3.11. The maximum Gasteiger partial charge on any atom is 0.309 e. The van der Waals surface area contributed by atoms with Crippen LogP contribution in [0.3, 0.4) is 0 Å². The van der Waals surface area contributed by atoms with E-state index >= 15 is 0 Å². The summed E-state index contributed by atoms with van der Waals surface area (Å²) in [5.41, 5.74) is 0.0190. The third-order valence-corrected chi connectivity index (χ3v) is 6.20. The molecule has 0 aromatic heterocycles. The molecule has 0 heterocycles. The molecule has 0 aromatic carbocycles. The highest BCUT2D eigenvalue weighted by atomic mass is 16.5. The van der Waals surface area contributed by atoms with Crippen molar-refractivity contribution >= 4 is 11.9 Å². The van der Waals surface area contributed by atoms with Crippen molar-refractivity contribution in [2.45, 2.75) is 57.4 Å². The molecule has 4 nitrogen and oxygen atoms in total. The van der Waals surface area contributed by atoms with E-state index in [2.05, 4.69) is 5.32 Å². The number of carbonyl (C=O) groups is 2. The van der Waals surface area contributed by atoms with Gasteiger partial charge in [0, 0.05) is 5.54 Å². The smallest absolute Gasteiger partial charge is 0.309 e. The van der Waals surface area contributed by atoms with Gasteiger partial charge in [-0.15, -0.1) is 0 Å². The first-order valence-electron chi connectivity index (χ1n) is 8.51. The molecule has 0 radical (unpaired) electrons. The summed E-state index contributed by atoms with van der Waals surface area (Å²) in [6, 6.07) is 0. The molecule has 5 fully saturated rings. The molecule has 21 heavy (non-hydrogen) atoms. The molecule has 116 valence electrons. The lowest BCUT2D eigenvalue weighted by molar-refractivity contribution is -0.151. The standard InChI is InChI=1S/C17H25NO3/c1-10-2-14(10)16(20)21-9-15(19)18-17-6-11-3-12(7-17)5-13(4-11)8-17/h10-14H,2-9H2,1H3,(H,18,19)/t10-,11?,12?,13?,14+,17?/m1/s1. The van der Waals surface area contributed by atoms with Crippen LogP contribution in [0, 0.1) is 29.6 Å². The lowest BCUT2D eigenvalue weighted by Gasteiger charge is -2.56. The zero-order valence-corrected chi connectivity index (χ0v) is 12.8. The number of hydrogen-bond donors (Lipinski definition) is 1. The van der Waals surface area contributed by atoms with Gasteiger partial charge in [-0.2, -0.15) is 0 Å². The van der Waals surface area contributed by atoms with Gasteiger partial charge < -0.3 is 10.1 Å². The Hall–Kier alpha value is -1.06. The highest BCUT2D eigenvalue weighted by Crippen LogP contribution is 2.55. The topological polar surface area (TPSA) is 55.4 Å². The molecule has 4 bridgehead atoms. The van der Waals surface area contributed by atoms with Crippen LogP contribution in [0.2, 0.25) is 0 Å². The summed E-state index contributed by atoms with van der Waals surface area (Å²) >= 11 is 0. The van der Waals surface area contributed by atoms with Crippen LogP contribution in [0.25, 0.3) is 0 Å². The van der Waals surface area contributed by atoms with Gasteiger partial charge in [-0.3, -0.25) is 9.59 Å². The number of hydrogen-bond acceptors (Lipinski definition) is 3. The van der Waals surface area contributed by atoms with Crippen molar-refractivity contribution < 1.29 is 14.3 Å². The quantitative estimate of drug-likeness (QED) is 0.808. The van der Waals surface area contributed by atoms with Gasteiger partial charge in [0.05, 0.1) is 5.92 Å². The number of ether oxygens (including phenoxy) is 1. The van der Waals surface area contributed by atoms with Crippen molar-refractivity contribution in [3.63, 3.8) is 0 Å². The van der Waals surface area contributed by atoms with Gasteiger partial charge in [-0.05, 0) is 68.6 Å². The minimum atomic E-state index is -0.192. The zero-order chi connectivity index (χ0) is 14.6. The van der Waals surface area contributed by atoms with Gasteiger partial charge in [0.25, 0.3) is 5.91 Å². The normalized spacial score (nSPS) is 46.2. The summed E-state index contributed by atoms with van der Waals surface area (Å²) in [5.74, 6) is 2.62. The second-order valence-electron chi connectivity index (χ2n) is 8.17. The first-order chi connectivity index (χ1) is 10.0. The molecule has 1 amide bonds. The van der Waals surface area contributed by atoms with E-state index in [1.807, 2.05) is 6.92 Å². The van der Waals surface area contributed by atoms with Gasteiger partial charge in [0.1, 0.15) is 0 Å². The molecular weight excluding hydrogens is 266 g/mol. The molecule has 1 N–H and O–H groups in total. The largest absolute Gasteiger partial charge is 0.455 e. The molecule has 5 aliphatic rings. The lowest BCUT2D eigenvalue weighted by atomic mass is 9.53. The second-order valence-corrected chi connectivity index (χ2v) is 8.17. The minimum absolute atomic E-state index is 0.0190. The molecule has 0 saturated heterocycles. The van der Waals surface area contributed by atoms with E-state index in [0.717, 1.165) is 43.4 Å². The summed E-state index contributed by atoms with van der Waals surface area (Å²) in [4.78, 5) is 23.9. The fourth-order valence-electron chi connectivity index (χ4n) is 5.49. The van der Waals surface area contributed by atoms with E-state index in [9.17, 15) is 9.59 Å². The van der Waals surface area contributed by atoms with Gasteiger partial charge in [-0.1, -0.05) is 6.92 Å². The predicted molar refractivity (Wildman–Crippen MR) is 77.3 cm³/mol. The molecule has 2 atom stereocenters. The maximum absolute atomic E-state index is 12.2. The van der Waals surface area contributed by atoms with Crippen LogP contribution in [0.15, 0.2) is 0 Å². The first kappa shape index (κ1) is 13.6. The van der Waals surface area contributed by atoms with Crippen LogP contribution in [0.1, 0.15) is 51.9 Å². The van der Waals surface area contributed by atoms with E-state index in [1.54, 1.807) is 0 Å². The van der Waals surface area contributed by atoms with Crippen molar-refractivity contribution in [3.8, 4) is 0 Å². The minimum Gasteiger partial charge on any atom is -0.455 e. The van der Waals surface area contributed by atoms with Gasteiger partial charge >= 0.3 is 5.97 Å². The molecule has 0 aromatic rings. The van der Waals surface area contributed by atoms with E-state index in [-0.39, 0.29) is 29.9 Å². The Morgan fingerprint density at radius 3 is 2.05 bits per heavy atom. The Balaban J connectivity index is 1.31. The molecule has 5 aliphatic carbocycles. The molecule has 0 spiro atoms. The van der Waals surface area contributed by atoms with E-state index in [0.29, 0.717) is 5.92 Å². The van der Waals surface area contributed by atoms with Crippen LogP contribution >= 0.6 is 0 Å². The van der Waals surface area contributed by atoms with Crippen LogP contribution in [0.4, 0.5) is 0 Å². The van der Waals surface area contributed by atoms with Gasteiger partial charge in [-0.25, -0.2) is 0 Å². The summed E-state index contributed by atoms with van der Waals surface area (Å²) in [7, 11) is 0. The zero-order valence-electron chi connectivity index (χ0n) is 12.8. The maximum atomic E-state index is 12.2. The van der Waals surface area contributed by atoms with Crippen molar-refractivity contribution in [2.75, 3.05) is 6.61 Å². The lowest BCUT2D eigenvalue weighted by Crippen LogP contribution is -2.60. The molecule has 0 unspecified atom stereocenters. The Labute approximate surface area is 126 Å². The third-order valence-electron chi connectivity index (χ3n) is 6.20. The van der Waals surface area contributed by atoms with Crippen LogP contribution in [0.5, 0.6) is 0 Å². The van der Waals surface area contributed by atoms with Crippen LogP contribution in [-0.2, 0) is 14.3 Å². The van der Waals surface area contributed by atoms with Crippen molar-refractivity contribution in [2.24, 2.45) is 29.6 Å². The Kier molecular flexibility index (Phi) is 3.05. The monoisotopic (exact) mass is 291 g/mol. The predicted octanol–water partition coefficient (Wildman–Crippen LogP) is 2.27. The second kappa shape index (κ2) is 4.72. The molecular formula is C17H25NO3. The summed E-state index contributed by atoms with van der Waals surface area (Å²) < 4.78 is 5.16. The Morgan fingerprint density at radius 2 is 1.57 bits per heavy atom. The van der Waals surface area contributed by atoms with Gasteiger partial charge in [0.2, 0.25) is 0 Å². The van der Waals surface area contributed by atoms with Crippen molar-refractivity contribution in [1.29, 1.82) is 0 Å². The summed E-state index contributed by atoms with van der Waals surface area (Å²) in [6.45, 7) is 1.95. The van der Waals surface area contributed by atoms with E-state index in [4.69, 9.17) is 4.74 Å². The molecule has 0 aliphatic heterocycles. The Morgan fingerprint density at radius 1 is 1.05 bits per heavy atom. The molecule has 5 rings (SSSR count). The highest BCUT2D eigenvalue weighted by Gasteiger charge is 2.51. The summed E-state index contributed by atoms with van der Waals surface area (Å²) in [6.07, 6.45) is 8.42. The van der Waals surface area contributed by atoms with Gasteiger partial charge in [0.15, 0.2) is 6.61 Å². The number of esters is 1. The number of carbonyl (C=O) groups excluding carboxylic acids is 2. The van der Waals surface area contributed by atoms with E-state index in [1.165, 1.54) is 19.3 Å². The fourth-order valence-corrected chi connectivity index (χ4v) is 5.49. The van der Waals surface area contributed by atoms with Crippen LogP contribution in [-0.4, -0.2) is 24.0 Å². The summed E-state index contributed by atoms with van der Waals surface area (Å²) in [5, 5.41) is 3.23. The number of rotatable bonds is 4. The number of nitrogens with one attached hydrogen (secondary N) is 1. The molecule has 4 heteroatoms. The van der Waals surface area contributed by atoms with Crippen molar-refractivity contribution in [3.05, 3.63) is 0 Å². The van der Waals surface area contributed by atoms with Crippen LogP contribution < -0.4 is 5.32 Å². The molecule has 5 saturated carbocycles. The highest BCUT2D eigenvalue weighted by molar-refractivity contribution is 5.82. The first-order valence-corrected chi connectivity index (χ1v) is 8.51. The van der Waals surface area contributed by atoms with Crippen molar-refractivity contribution in [1.82, 2.24) is 5.32 Å². The average molecular weight is 291 g/mol. The Bertz CT molecular complexity index is 437. The van der Waals surface area contributed by atoms with E-state index < -0.39 is 0 Å².